The largest absolute Gasteiger partial charge is 0.481 e. The summed E-state index contributed by atoms with van der Waals surface area (Å²) < 4.78 is 0. The maximum absolute atomic E-state index is 13.1. The number of nitrogens with two attached hydrogens (primary N) is 1. The Kier molecular flexibility index (Phi) is 10.6. The van der Waals surface area contributed by atoms with Crippen molar-refractivity contribution in [2.75, 3.05) is 0 Å². The number of carboxylic acids is 2. The second kappa shape index (κ2) is 13.6. The molecule has 0 aliphatic rings. The topological polar surface area (TPSA) is 188 Å². The molecule has 11 nitrogen and oxygen atoms in total. The van der Waals surface area contributed by atoms with Crippen molar-refractivity contribution in [3.63, 3.8) is 0 Å². The van der Waals surface area contributed by atoms with Crippen LogP contribution in [0.4, 0.5) is 0 Å². The van der Waals surface area contributed by atoms with Gasteiger partial charge in [-0.1, -0.05) is 60.7 Å². The summed E-state index contributed by atoms with van der Waals surface area (Å²) >= 11 is 0. The Bertz CT molecular complexity index is 1060. The Morgan fingerprint density at radius 3 is 1.56 bits per heavy atom. The van der Waals surface area contributed by atoms with E-state index in [0.717, 1.165) is 0 Å². The molecule has 192 valence electrons. The average Bonchev–Trinajstić information content (AvgIpc) is 2.83. The number of carboxylic acid groups (broad SMARTS) is 2. The summed E-state index contributed by atoms with van der Waals surface area (Å²) in [6, 6.07) is 12.3. The van der Waals surface area contributed by atoms with E-state index < -0.39 is 60.2 Å². The molecule has 7 N–H and O–H groups in total. The third-order valence-corrected chi connectivity index (χ3v) is 5.24. The summed E-state index contributed by atoms with van der Waals surface area (Å²) in [5.74, 6) is -5.11. The van der Waals surface area contributed by atoms with Crippen LogP contribution in [-0.2, 0) is 36.8 Å². The zero-order valence-corrected chi connectivity index (χ0v) is 19.7. The van der Waals surface area contributed by atoms with Gasteiger partial charge >= 0.3 is 11.9 Å². The van der Waals surface area contributed by atoms with Crippen LogP contribution in [0.15, 0.2) is 60.7 Å². The number of rotatable bonds is 13. The molecule has 0 radical (unpaired) electrons. The first-order valence-corrected chi connectivity index (χ1v) is 11.3. The average molecular weight is 499 g/mol. The minimum atomic E-state index is -1.59. The number of hydrogen-bond acceptors (Lipinski definition) is 6. The molecule has 0 fully saturated rings. The van der Waals surface area contributed by atoms with Gasteiger partial charge in [-0.15, -0.1) is 0 Å². The van der Waals surface area contributed by atoms with Crippen molar-refractivity contribution < 1.29 is 34.2 Å². The first kappa shape index (κ1) is 28.0. The lowest BCUT2D eigenvalue weighted by Gasteiger charge is -2.24. The molecule has 0 bridgehead atoms. The molecule has 4 unspecified atom stereocenters. The van der Waals surface area contributed by atoms with Gasteiger partial charge in [-0.3, -0.25) is 19.2 Å². The van der Waals surface area contributed by atoms with Crippen molar-refractivity contribution in [1.29, 1.82) is 0 Å². The number of aliphatic carboxylic acids is 2. The molecule has 0 aliphatic carbocycles. The van der Waals surface area contributed by atoms with Gasteiger partial charge in [0.25, 0.3) is 0 Å². The van der Waals surface area contributed by atoms with Crippen molar-refractivity contribution in [3.05, 3.63) is 71.8 Å². The molecular formula is C25H30N4O7. The predicted molar refractivity (Wildman–Crippen MR) is 130 cm³/mol. The second-order valence-corrected chi connectivity index (χ2v) is 8.29. The molecular weight excluding hydrogens is 468 g/mol. The Morgan fingerprint density at radius 2 is 1.11 bits per heavy atom. The molecule has 4 atom stereocenters. The second-order valence-electron chi connectivity index (χ2n) is 8.29. The molecule has 0 aliphatic heterocycles. The zero-order chi connectivity index (χ0) is 26.7. The summed E-state index contributed by atoms with van der Waals surface area (Å²) in [6.07, 6.45) is -0.788. The fourth-order valence-electron chi connectivity index (χ4n) is 3.34. The van der Waals surface area contributed by atoms with E-state index in [4.69, 9.17) is 5.73 Å². The third-order valence-electron chi connectivity index (χ3n) is 5.24. The lowest BCUT2D eigenvalue weighted by molar-refractivity contribution is -0.143. The van der Waals surface area contributed by atoms with E-state index >= 15 is 0 Å². The molecule has 36 heavy (non-hydrogen) atoms. The predicted octanol–water partition coefficient (Wildman–Crippen LogP) is -0.167. The Labute approximate surface area is 208 Å². The van der Waals surface area contributed by atoms with Gasteiger partial charge in [0.05, 0.1) is 12.5 Å². The van der Waals surface area contributed by atoms with Crippen molar-refractivity contribution in [1.82, 2.24) is 16.0 Å². The van der Waals surface area contributed by atoms with Crippen LogP contribution in [0.25, 0.3) is 0 Å². The van der Waals surface area contributed by atoms with Crippen LogP contribution in [0.3, 0.4) is 0 Å². The normalized spacial score (nSPS) is 13.9. The van der Waals surface area contributed by atoms with E-state index in [-0.39, 0.29) is 12.8 Å². The standard InChI is InChI=1S/C25H30N4O7/c1-15(26)22(32)27-18(12-16-8-4-2-5-9-16)23(33)28-19(14-21(30)31)24(34)29-20(25(35)36)13-17-10-6-3-7-11-17/h2-11,15,18-20H,12-14,26H2,1H3,(H,27,32)(H,28,33)(H,29,34)(H,30,31)(H,35,36). The lowest BCUT2D eigenvalue weighted by atomic mass is 10.0. The van der Waals surface area contributed by atoms with Gasteiger partial charge in [0.2, 0.25) is 17.7 Å². The number of nitrogens with one attached hydrogen (secondary N) is 3. The van der Waals surface area contributed by atoms with Crippen LogP contribution in [0.5, 0.6) is 0 Å². The van der Waals surface area contributed by atoms with Crippen LogP contribution in [0, 0.1) is 0 Å². The van der Waals surface area contributed by atoms with Gasteiger partial charge in [0.15, 0.2) is 0 Å². The highest BCUT2D eigenvalue weighted by atomic mass is 16.4. The summed E-state index contributed by atoms with van der Waals surface area (Å²) in [4.78, 5) is 61.2. The molecule has 0 aromatic heterocycles. The van der Waals surface area contributed by atoms with Crippen molar-refractivity contribution in [2.45, 2.75) is 50.4 Å². The van der Waals surface area contributed by atoms with Crippen LogP contribution >= 0.6 is 0 Å². The summed E-state index contributed by atoms with van der Waals surface area (Å²) in [5, 5.41) is 26.0. The maximum atomic E-state index is 13.1. The minimum Gasteiger partial charge on any atom is -0.481 e. The first-order chi connectivity index (χ1) is 17.1. The molecule has 11 heteroatoms. The fourth-order valence-corrected chi connectivity index (χ4v) is 3.34. The molecule has 0 heterocycles. The molecule has 0 saturated heterocycles. The smallest absolute Gasteiger partial charge is 0.326 e. The molecule has 2 aromatic rings. The molecule has 0 spiro atoms. The first-order valence-electron chi connectivity index (χ1n) is 11.3. The highest BCUT2D eigenvalue weighted by Crippen LogP contribution is 2.07. The van der Waals surface area contributed by atoms with Gasteiger partial charge in [-0.25, -0.2) is 4.79 Å². The Hall–Kier alpha value is -4.25. The number of carbonyl (C=O) groups is 5. The highest BCUT2D eigenvalue weighted by molar-refractivity contribution is 5.95. The Balaban J connectivity index is 2.19. The van der Waals surface area contributed by atoms with Gasteiger partial charge in [0, 0.05) is 12.8 Å². The molecule has 0 saturated carbocycles. The SMILES string of the molecule is CC(N)C(=O)NC(Cc1ccccc1)C(=O)NC(CC(=O)O)C(=O)NC(Cc1ccccc1)C(=O)O. The van der Waals surface area contributed by atoms with Gasteiger partial charge in [-0.05, 0) is 18.1 Å². The summed E-state index contributed by atoms with van der Waals surface area (Å²) in [7, 11) is 0. The van der Waals surface area contributed by atoms with E-state index in [0.29, 0.717) is 11.1 Å². The quantitative estimate of drug-likeness (QED) is 0.219. The van der Waals surface area contributed by atoms with Crippen molar-refractivity contribution in [2.24, 2.45) is 5.73 Å². The number of benzene rings is 2. The lowest BCUT2D eigenvalue weighted by Crippen LogP contribution is -2.58. The molecule has 3 amide bonds. The van der Waals surface area contributed by atoms with Crippen molar-refractivity contribution in [3.8, 4) is 0 Å². The van der Waals surface area contributed by atoms with Gasteiger partial charge in [-0.2, -0.15) is 0 Å². The van der Waals surface area contributed by atoms with Crippen LogP contribution in [-0.4, -0.2) is 64.0 Å². The van der Waals surface area contributed by atoms with Gasteiger partial charge < -0.3 is 31.9 Å². The Morgan fingerprint density at radius 1 is 0.694 bits per heavy atom. The van der Waals surface area contributed by atoms with Crippen molar-refractivity contribution >= 4 is 29.7 Å². The zero-order valence-electron chi connectivity index (χ0n) is 19.7. The van der Waals surface area contributed by atoms with E-state index in [1.807, 2.05) is 0 Å². The maximum Gasteiger partial charge on any atom is 0.326 e. The van der Waals surface area contributed by atoms with E-state index in [1.54, 1.807) is 60.7 Å². The van der Waals surface area contributed by atoms with E-state index in [9.17, 15) is 34.2 Å². The van der Waals surface area contributed by atoms with Crippen LogP contribution < -0.4 is 21.7 Å². The monoisotopic (exact) mass is 498 g/mol. The van der Waals surface area contributed by atoms with Crippen LogP contribution in [0.2, 0.25) is 0 Å². The summed E-state index contributed by atoms with van der Waals surface area (Å²) in [5.41, 5.74) is 6.95. The minimum absolute atomic E-state index is 0.0449. The molecule has 2 aromatic carbocycles. The summed E-state index contributed by atoms with van der Waals surface area (Å²) in [6.45, 7) is 1.44. The number of carbonyl (C=O) groups excluding carboxylic acids is 3. The van der Waals surface area contributed by atoms with Crippen LogP contribution in [0.1, 0.15) is 24.5 Å². The van der Waals surface area contributed by atoms with E-state index in [1.165, 1.54) is 6.92 Å². The molecule has 2 rings (SSSR count). The highest BCUT2D eigenvalue weighted by Gasteiger charge is 2.31. The third kappa shape index (κ3) is 9.18. The van der Waals surface area contributed by atoms with E-state index in [2.05, 4.69) is 16.0 Å². The number of hydrogen-bond donors (Lipinski definition) is 6. The number of amides is 3. The fraction of sp³-hybridized carbons (Fsp3) is 0.320. The van der Waals surface area contributed by atoms with Gasteiger partial charge in [0.1, 0.15) is 18.1 Å².